The van der Waals surface area contributed by atoms with E-state index in [4.69, 9.17) is 9.73 Å². The molecule has 1 N–H and O–H groups in total. The van der Waals surface area contributed by atoms with Crippen LogP contribution in [0.5, 0.6) is 5.75 Å². The molecule has 9 heteroatoms. The molecule has 1 atom stereocenters. The van der Waals surface area contributed by atoms with E-state index < -0.39 is 11.7 Å². The van der Waals surface area contributed by atoms with Crippen molar-refractivity contribution in [3.63, 3.8) is 0 Å². The van der Waals surface area contributed by atoms with E-state index >= 15 is 0 Å². The van der Waals surface area contributed by atoms with E-state index in [0.29, 0.717) is 31.4 Å². The average Bonchev–Trinajstić information content (AvgIpc) is 3.38. The maximum absolute atomic E-state index is 12.7. The maximum Gasteiger partial charge on any atom is 0.416 e. The van der Waals surface area contributed by atoms with Crippen molar-refractivity contribution in [2.24, 2.45) is 4.99 Å². The molecule has 1 saturated heterocycles. The van der Waals surface area contributed by atoms with Crippen molar-refractivity contribution in [1.29, 1.82) is 0 Å². The summed E-state index contributed by atoms with van der Waals surface area (Å²) in [5.41, 5.74) is 0.469. The van der Waals surface area contributed by atoms with Crippen LogP contribution in [0.25, 0.3) is 0 Å². The van der Waals surface area contributed by atoms with E-state index in [1.165, 1.54) is 37.8 Å². The number of aliphatic imine (C=N–C) groups is 1. The molecule has 2 aliphatic heterocycles. The first-order valence-corrected chi connectivity index (χ1v) is 10.8. The van der Waals surface area contributed by atoms with Crippen LogP contribution in [-0.2, 0) is 12.7 Å². The fourth-order valence-electron chi connectivity index (χ4n) is 4.59. The Morgan fingerprint density at radius 2 is 1.84 bits per heavy atom. The third-order valence-corrected chi connectivity index (χ3v) is 6.51. The molecule has 166 valence electrons. The van der Waals surface area contributed by atoms with E-state index in [1.807, 2.05) is 6.20 Å². The number of rotatable bonds is 5. The second kappa shape index (κ2) is 7.85. The van der Waals surface area contributed by atoms with Gasteiger partial charge in [-0.1, -0.05) is 12.8 Å². The SMILES string of the molecule is C[C@H](C1=NCc2cnn(C3CCCC3)c2N1)N1CC(Oc2ccc(C(F)(F)F)cc2)C1. The zero-order valence-electron chi connectivity index (χ0n) is 17.4. The summed E-state index contributed by atoms with van der Waals surface area (Å²) in [4.78, 5) is 6.97. The third kappa shape index (κ3) is 4.03. The van der Waals surface area contributed by atoms with Crippen LogP contribution >= 0.6 is 0 Å². The van der Waals surface area contributed by atoms with Gasteiger partial charge in [0.1, 0.15) is 23.5 Å². The van der Waals surface area contributed by atoms with Crippen molar-refractivity contribution in [1.82, 2.24) is 14.7 Å². The van der Waals surface area contributed by atoms with Gasteiger partial charge in [-0.3, -0.25) is 9.89 Å². The molecule has 3 aliphatic rings. The zero-order chi connectivity index (χ0) is 21.6. The predicted octanol–water partition coefficient (Wildman–Crippen LogP) is 4.49. The summed E-state index contributed by atoms with van der Waals surface area (Å²) in [7, 11) is 0. The summed E-state index contributed by atoms with van der Waals surface area (Å²) >= 11 is 0. The van der Waals surface area contributed by atoms with E-state index in [9.17, 15) is 13.2 Å². The molecular weight excluding hydrogens is 407 g/mol. The van der Waals surface area contributed by atoms with Gasteiger partial charge in [-0.2, -0.15) is 18.3 Å². The lowest BCUT2D eigenvalue weighted by Gasteiger charge is -2.43. The van der Waals surface area contributed by atoms with Crippen molar-refractivity contribution in [2.75, 3.05) is 18.4 Å². The number of nitrogens with one attached hydrogen (secondary N) is 1. The molecule has 2 aromatic rings. The van der Waals surface area contributed by atoms with Crippen LogP contribution < -0.4 is 10.1 Å². The Morgan fingerprint density at radius 1 is 1.13 bits per heavy atom. The van der Waals surface area contributed by atoms with Crippen LogP contribution in [0.2, 0.25) is 0 Å². The largest absolute Gasteiger partial charge is 0.488 e. The number of nitrogens with zero attached hydrogens (tertiary/aromatic N) is 4. The first kappa shape index (κ1) is 20.4. The van der Waals surface area contributed by atoms with Gasteiger partial charge in [0.25, 0.3) is 0 Å². The van der Waals surface area contributed by atoms with Gasteiger partial charge in [-0.05, 0) is 44.0 Å². The van der Waals surface area contributed by atoms with Crippen molar-refractivity contribution < 1.29 is 17.9 Å². The van der Waals surface area contributed by atoms with Gasteiger partial charge >= 0.3 is 6.18 Å². The van der Waals surface area contributed by atoms with Crippen LogP contribution in [0.4, 0.5) is 19.0 Å². The summed E-state index contributed by atoms with van der Waals surface area (Å²) in [5, 5.41) is 8.13. The highest BCUT2D eigenvalue weighted by Crippen LogP contribution is 2.34. The normalized spacial score (nSPS) is 21.2. The smallest absolute Gasteiger partial charge is 0.416 e. The monoisotopic (exact) mass is 433 g/mol. The quantitative estimate of drug-likeness (QED) is 0.755. The third-order valence-electron chi connectivity index (χ3n) is 6.51. The van der Waals surface area contributed by atoms with Crippen LogP contribution in [0.1, 0.15) is 49.8 Å². The van der Waals surface area contributed by atoms with Gasteiger partial charge in [-0.25, -0.2) is 4.68 Å². The lowest BCUT2D eigenvalue weighted by molar-refractivity contribution is -0.137. The summed E-state index contributed by atoms with van der Waals surface area (Å²) in [6.45, 7) is 4.16. The van der Waals surface area contributed by atoms with Crippen LogP contribution in [-0.4, -0.2) is 45.8 Å². The molecule has 1 aromatic carbocycles. The molecule has 5 rings (SSSR count). The molecule has 0 bridgehead atoms. The van der Waals surface area contributed by atoms with Gasteiger partial charge in [-0.15, -0.1) is 0 Å². The lowest BCUT2D eigenvalue weighted by atomic mass is 10.1. The minimum atomic E-state index is -4.33. The first-order chi connectivity index (χ1) is 14.9. The molecule has 1 aliphatic carbocycles. The van der Waals surface area contributed by atoms with Gasteiger partial charge in [0.15, 0.2) is 0 Å². The summed E-state index contributed by atoms with van der Waals surface area (Å²) in [6, 6.07) is 5.45. The molecule has 2 fully saturated rings. The fraction of sp³-hybridized carbons (Fsp3) is 0.545. The number of hydrogen-bond acceptors (Lipinski definition) is 5. The number of ether oxygens (including phenoxy) is 1. The van der Waals surface area contributed by atoms with Crippen molar-refractivity contribution >= 4 is 11.7 Å². The van der Waals surface area contributed by atoms with Crippen LogP contribution in [0.3, 0.4) is 0 Å². The number of halogens is 3. The molecule has 1 aromatic heterocycles. The summed E-state index contributed by atoms with van der Waals surface area (Å²) in [6.07, 6.45) is 2.41. The highest BCUT2D eigenvalue weighted by atomic mass is 19.4. The Morgan fingerprint density at radius 3 is 2.52 bits per heavy atom. The molecule has 6 nitrogen and oxygen atoms in total. The Bertz CT molecular complexity index is 957. The van der Waals surface area contributed by atoms with Crippen molar-refractivity contribution in [3.05, 3.63) is 41.6 Å². The standard InChI is InChI=1S/C22H26F3N5O/c1-14(20-26-10-15-11-27-30(21(15)28-20)17-4-2-3-5-17)29-12-19(13-29)31-18-8-6-16(7-9-18)22(23,24)25/h6-9,11,14,17,19H,2-5,10,12-13H2,1H3,(H,26,28)/t14-/m1/s1. The number of likely N-dealkylation sites (tertiary alicyclic amines) is 1. The minimum Gasteiger partial charge on any atom is -0.488 e. The fourth-order valence-corrected chi connectivity index (χ4v) is 4.59. The number of benzene rings is 1. The summed E-state index contributed by atoms with van der Waals surface area (Å²) < 4.78 is 46.0. The molecule has 0 unspecified atom stereocenters. The number of amidine groups is 1. The number of alkyl halides is 3. The summed E-state index contributed by atoms with van der Waals surface area (Å²) in [5.74, 6) is 2.46. The van der Waals surface area contributed by atoms with Gasteiger partial charge in [0.2, 0.25) is 0 Å². The van der Waals surface area contributed by atoms with Crippen molar-refractivity contribution in [3.8, 4) is 5.75 Å². The second-order valence-electron chi connectivity index (χ2n) is 8.62. The van der Waals surface area contributed by atoms with E-state index in [-0.39, 0.29) is 12.1 Å². The van der Waals surface area contributed by atoms with Crippen LogP contribution in [0.15, 0.2) is 35.5 Å². The van der Waals surface area contributed by atoms with E-state index in [0.717, 1.165) is 29.3 Å². The van der Waals surface area contributed by atoms with Gasteiger partial charge in [0, 0.05) is 18.7 Å². The van der Waals surface area contributed by atoms with E-state index in [2.05, 4.69) is 26.9 Å². The van der Waals surface area contributed by atoms with Gasteiger partial charge in [0.05, 0.1) is 30.4 Å². The second-order valence-corrected chi connectivity index (χ2v) is 8.62. The molecule has 3 heterocycles. The number of hydrogen-bond donors (Lipinski definition) is 1. The molecular formula is C22H26F3N5O. The highest BCUT2D eigenvalue weighted by molar-refractivity contribution is 6.00. The van der Waals surface area contributed by atoms with Crippen molar-refractivity contribution in [2.45, 2.75) is 63.5 Å². The number of aromatic nitrogens is 2. The molecule has 31 heavy (non-hydrogen) atoms. The highest BCUT2D eigenvalue weighted by Gasteiger charge is 2.36. The number of fused-ring (bicyclic) bond motifs is 1. The topological polar surface area (TPSA) is 54.7 Å². The predicted molar refractivity (Wildman–Crippen MR) is 111 cm³/mol. The molecule has 1 saturated carbocycles. The van der Waals surface area contributed by atoms with E-state index in [1.54, 1.807) is 0 Å². The Hall–Kier alpha value is -2.55. The zero-order valence-corrected chi connectivity index (χ0v) is 17.4. The Balaban J connectivity index is 1.16. The number of anilines is 1. The Kier molecular flexibility index (Phi) is 5.16. The minimum absolute atomic E-state index is 0.0389. The lowest BCUT2D eigenvalue weighted by Crippen LogP contribution is -2.60. The van der Waals surface area contributed by atoms with Gasteiger partial charge < -0.3 is 10.1 Å². The molecule has 0 spiro atoms. The Labute approximate surface area is 179 Å². The van der Waals surface area contributed by atoms with Crippen LogP contribution in [0, 0.1) is 0 Å². The maximum atomic E-state index is 12.7. The average molecular weight is 433 g/mol. The molecule has 0 amide bonds. The molecule has 0 radical (unpaired) electrons. The first-order valence-electron chi connectivity index (χ1n) is 10.8.